The van der Waals surface area contributed by atoms with Gasteiger partial charge in [0.15, 0.2) is 0 Å². The molecule has 5 heteroatoms. The Bertz CT molecular complexity index is 432. The number of carbonyl (C=O) groups is 2. The Morgan fingerprint density at radius 1 is 1.50 bits per heavy atom. The lowest BCUT2D eigenvalue weighted by Crippen LogP contribution is -2.15. The number of nitrogens with zero attached hydrogens (tertiary/aromatic N) is 1. The number of carboxylic acids is 1. The van der Waals surface area contributed by atoms with E-state index >= 15 is 0 Å². The molecule has 1 aliphatic rings. The molecule has 86 valence electrons. The molecule has 0 bridgehead atoms. The van der Waals surface area contributed by atoms with Crippen molar-refractivity contribution in [2.45, 2.75) is 31.7 Å². The third kappa shape index (κ3) is 2.08. The van der Waals surface area contributed by atoms with Crippen LogP contribution >= 0.6 is 0 Å². The number of aromatic carboxylic acids is 1. The van der Waals surface area contributed by atoms with Crippen molar-refractivity contribution >= 4 is 11.9 Å². The number of aryl methyl sites for hydroxylation is 1. The standard InChI is InChI=1S/C11H14N2O3/c12-9(14)4-6-13-5-3-8(11(15)16)10(13)7-1-2-7/h3,5,7H,1-2,4,6H2,(H2,12,14)(H,15,16). The summed E-state index contributed by atoms with van der Waals surface area (Å²) in [5, 5.41) is 9.03. The van der Waals surface area contributed by atoms with Crippen molar-refractivity contribution in [1.82, 2.24) is 4.57 Å². The van der Waals surface area contributed by atoms with E-state index < -0.39 is 5.97 Å². The zero-order valence-corrected chi connectivity index (χ0v) is 8.85. The molecule has 5 nitrogen and oxygen atoms in total. The smallest absolute Gasteiger partial charge is 0.337 e. The fraction of sp³-hybridized carbons (Fsp3) is 0.455. The van der Waals surface area contributed by atoms with Gasteiger partial charge in [-0.2, -0.15) is 0 Å². The topological polar surface area (TPSA) is 85.3 Å². The maximum absolute atomic E-state index is 11.0. The summed E-state index contributed by atoms with van der Waals surface area (Å²) in [6.45, 7) is 0.467. The number of carbonyl (C=O) groups excluding carboxylic acids is 1. The van der Waals surface area contributed by atoms with Gasteiger partial charge in [-0.05, 0) is 18.9 Å². The second-order valence-corrected chi connectivity index (χ2v) is 4.10. The maximum atomic E-state index is 11.0. The molecule has 2 rings (SSSR count). The second kappa shape index (κ2) is 4.00. The predicted octanol–water partition coefficient (Wildman–Crippen LogP) is 0.939. The van der Waals surface area contributed by atoms with Crippen molar-refractivity contribution in [1.29, 1.82) is 0 Å². The van der Waals surface area contributed by atoms with E-state index in [4.69, 9.17) is 10.8 Å². The summed E-state index contributed by atoms with van der Waals surface area (Å²) in [6.07, 6.45) is 4.02. The van der Waals surface area contributed by atoms with E-state index in [9.17, 15) is 9.59 Å². The Kier molecular flexibility index (Phi) is 2.68. The van der Waals surface area contributed by atoms with Crippen LogP contribution in [0, 0.1) is 0 Å². The van der Waals surface area contributed by atoms with Gasteiger partial charge in [0.1, 0.15) is 0 Å². The normalized spacial score (nSPS) is 15.0. The lowest BCUT2D eigenvalue weighted by Gasteiger charge is -2.08. The first kappa shape index (κ1) is 10.7. The molecular formula is C11H14N2O3. The molecule has 0 radical (unpaired) electrons. The van der Waals surface area contributed by atoms with Crippen LogP contribution in [0.5, 0.6) is 0 Å². The SMILES string of the molecule is NC(=O)CCn1ccc(C(=O)O)c1C1CC1. The summed E-state index contributed by atoms with van der Waals surface area (Å²) < 4.78 is 1.84. The van der Waals surface area contributed by atoms with Crippen molar-refractivity contribution in [2.24, 2.45) is 5.73 Å². The van der Waals surface area contributed by atoms with Crippen LogP contribution in [0.2, 0.25) is 0 Å². The van der Waals surface area contributed by atoms with E-state index in [0.29, 0.717) is 18.0 Å². The van der Waals surface area contributed by atoms with E-state index in [1.54, 1.807) is 12.3 Å². The number of carboxylic acid groups (broad SMARTS) is 1. The molecule has 1 saturated carbocycles. The van der Waals surface area contributed by atoms with Crippen LogP contribution in [0.25, 0.3) is 0 Å². The predicted molar refractivity (Wildman–Crippen MR) is 57.2 cm³/mol. The molecule has 0 aromatic carbocycles. The van der Waals surface area contributed by atoms with Crippen LogP contribution in [-0.2, 0) is 11.3 Å². The first-order chi connectivity index (χ1) is 7.59. The minimum absolute atomic E-state index is 0.244. The van der Waals surface area contributed by atoms with Crippen molar-refractivity contribution in [3.63, 3.8) is 0 Å². The van der Waals surface area contributed by atoms with Crippen LogP contribution in [0.15, 0.2) is 12.3 Å². The molecule has 1 fully saturated rings. The fourth-order valence-corrected chi connectivity index (χ4v) is 1.90. The van der Waals surface area contributed by atoms with Crippen LogP contribution in [0.4, 0.5) is 0 Å². The van der Waals surface area contributed by atoms with Gasteiger partial charge >= 0.3 is 5.97 Å². The molecule has 1 aliphatic carbocycles. The Balaban J connectivity index is 2.23. The van der Waals surface area contributed by atoms with E-state index in [1.165, 1.54) is 0 Å². The van der Waals surface area contributed by atoms with Crippen molar-refractivity contribution in [3.05, 3.63) is 23.5 Å². The average Bonchev–Trinajstić information content (AvgIpc) is 2.95. The van der Waals surface area contributed by atoms with Gasteiger partial charge in [0.05, 0.1) is 5.56 Å². The number of hydrogen-bond acceptors (Lipinski definition) is 2. The maximum Gasteiger partial charge on any atom is 0.337 e. The monoisotopic (exact) mass is 222 g/mol. The Labute approximate surface area is 92.9 Å². The summed E-state index contributed by atoms with van der Waals surface area (Å²) >= 11 is 0. The van der Waals surface area contributed by atoms with Gasteiger partial charge in [-0.15, -0.1) is 0 Å². The van der Waals surface area contributed by atoms with E-state index in [-0.39, 0.29) is 12.3 Å². The number of rotatable bonds is 5. The molecule has 1 aromatic rings. The van der Waals surface area contributed by atoms with Crippen molar-refractivity contribution in [3.8, 4) is 0 Å². The van der Waals surface area contributed by atoms with Gasteiger partial charge < -0.3 is 15.4 Å². The van der Waals surface area contributed by atoms with Gasteiger partial charge in [0.2, 0.25) is 5.91 Å². The van der Waals surface area contributed by atoms with Crippen molar-refractivity contribution in [2.75, 3.05) is 0 Å². The molecule has 0 saturated heterocycles. The van der Waals surface area contributed by atoms with Crippen LogP contribution < -0.4 is 5.73 Å². The Morgan fingerprint density at radius 2 is 2.19 bits per heavy atom. The lowest BCUT2D eigenvalue weighted by atomic mass is 10.2. The third-order valence-electron chi connectivity index (χ3n) is 2.80. The Hall–Kier alpha value is -1.78. The summed E-state index contributed by atoms with van der Waals surface area (Å²) in [4.78, 5) is 21.7. The van der Waals surface area contributed by atoms with Gasteiger partial charge in [-0.3, -0.25) is 4.79 Å². The molecule has 1 heterocycles. The lowest BCUT2D eigenvalue weighted by molar-refractivity contribution is -0.118. The van der Waals surface area contributed by atoms with Crippen LogP contribution in [0.3, 0.4) is 0 Å². The summed E-state index contributed by atoms with van der Waals surface area (Å²) in [7, 11) is 0. The number of hydrogen-bond donors (Lipinski definition) is 2. The summed E-state index contributed by atoms with van der Waals surface area (Å²) in [5.41, 5.74) is 6.28. The summed E-state index contributed by atoms with van der Waals surface area (Å²) in [6, 6.07) is 1.59. The van der Waals surface area contributed by atoms with Crippen molar-refractivity contribution < 1.29 is 14.7 Å². The highest BCUT2D eigenvalue weighted by Crippen LogP contribution is 2.42. The molecule has 1 aromatic heterocycles. The molecule has 16 heavy (non-hydrogen) atoms. The second-order valence-electron chi connectivity index (χ2n) is 4.10. The van der Waals surface area contributed by atoms with E-state index in [0.717, 1.165) is 18.5 Å². The zero-order chi connectivity index (χ0) is 11.7. The molecule has 3 N–H and O–H groups in total. The largest absolute Gasteiger partial charge is 0.478 e. The minimum Gasteiger partial charge on any atom is -0.478 e. The summed E-state index contributed by atoms with van der Waals surface area (Å²) in [5.74, 6) is -0.930. The number of amides is 1. The number of primary amides is 1. The van der Waals surface area contributed by atoms with E-state index in [1.807, 2.05) is 4.57 Å². The van der Waals surface area contributed by atoms with Crippen LogP contribution in [-0.4, -0.2) is 21.6 Å². The molecule has 1 amide bonds. The molecule has 0 aliphatic heterocycles. The van der Waals surface area contributed by atoms with Crippen LogP contribution in [0.1, 0.15) is 41.2 Å². The number of aromatic nitrogens is 1. The van der Waals surface area contributed by atoms with Gasteiger partial charge in [0.25, 0.3) is 0 Å². The number of nitrogens with two attached hydrogens (primary N) is 1. The molecular weight excluding hydrogens is 208 g/mol. The zero-order valence-electron chi connectivity index (χ0n) is 8.85. The molecule has 0 atom stereocenters. The first-order valence-electron chi connectivity index (χ1n) is 5.30. The Morgan fingerprint density at radius 3 is 2.69 bits per heavy atom. The van der Waals surface area contributed by atoms with Gasteiger partial charge in [-0.1, -0.05) is 0 Å². The highest BCUT2D eigenvalue weighted by Gasteiger charge is 2.31. The van der Waals surface area contributed by atoms with Gasteiger partial charge in [0, 0.05) is 30.8 Å². The average molecular weight is 222 g/mol. The fourth-order valence-electron chi connectivity index (χ4n) is 1.90. The van der Waals surface area contributed by atoms with Gasteiger partial charge in [-0.25, -0.2) is 4.79 Å². The highest BCUT2D eigenvalue weighted by molar-refractivity contribution is 5.89. The quantitative estimate of drug-likeness (QED) is 0.777. The third-order valence-corrected chi connectivity index (χ3v) is 2.80. The molecule has 0 spiro atoms. The molecule has 0 unspecified atom stereocenters. The van der Waals surface area contributed by atoms with E-state index in [2.05, 4.69) is 0 Å². The highest BCUT2D eigenvalue weighted by atomic mass is 16.4. The first-order valence-corrected chi connectivity index (χ1v) is 5.30. The minimum atomic E-state index is -0.903.